The summed E-state index contributed by atoms with van der Waals surface area (Å²) in [6.45, 7) is 0.456. The van der Waals surface area contributed by atoms with Crippen LogP contribution in [0.2, 0.25) is 0 Å². The maximum Gasteiger partial charge on any atom is 0.219 e. The fraction of sp³-hybridized carbons (Fsp3) is 0.333. The van der Waals surface area contributed by atoms with Gasteiger partial charge in [-0.1, -0.05) is 30.0 Å². The maximum atomic E-state index is 12.7. The molecular formula is C18H19N5O2S. The molecule has 0 aliphatic heterocycles. The molecule has 7 nitrogen and oxygen atoms in total. The Bertz CT molecular complexity index is 973. The second-order valence-corrected chi connectivity index (χ2v) is 7.39. The Balaban J connectivity index is 1.50. The number of aromatic nitrogens is 4. The third-order valence-electron chi connectivity index (χ3n) is 4.49. The number of nitrogens with one attached hydrogen (secondary N) is 1. The number of H-pyrrole nitrogens is 1. The Morgan fingerprint density at radius 1 is 1.27 bits per heavy atom. The van der Waals surface area contributed by atoms with Gasteiger partial charge < -0.3 is 15.3 Å². The number of carbonyl (C=O) groups excluding carboxylic acids is 2. The number of amides is 1. The highest BCUT2D eigenvalue weighted by Gasteiger charge is 2.30. The third kappa shape index (κ3) is 3.37. The van der Waals surface area contributed by atoms with Crippen LogP contribution in [0.1, 0.15) is 41.4 Å². The van der Waals surface area contributed by atoms with Crippen LogP contribution in [0.25, 0.3) is 10.9 Å². The summed E-state index contributed by atoms with van der Waals surface area (Å²) in [5, 5.41) is 10.1. The average Bonchev–Trinajstić information content (AvgIpc) is 3.26. The van der Waals surface area contributed by atoms with Crippen LogP contribution in [0.4, 0.5) is 0 Å². The average molecular weight is 369 g/mol. The minimum absolute atomic E-state index is 0.0323. The molecule has 0 spiro atoms. The molecule has 0 saturated heterocycles. The lowest BCUT2D eigenvalue weighted by atomic mass is 10.1. The van der Waals surface area contributed by atoms with Crippen LogP contribution >= 0.6 is 11.8 Å². The number of rotatable bonds is 8. The van der Waals surface area contributed by atoms with Crippen LogP contribution in [0.15, 0.2) is 35.6 Å². The summed E-state index contributed by atoms with van der Waals surface area (Å²) >= 11 is 1.35. The van der Waals surface area contributed by atoms with Crippen LogP contribution in [0.3, 0.4) is 0 Å². The predicted octanol–water partition coefficient (Wildman–Crippen LogP) is 2.49. The fourth-order valence-electron chi connectivity index (χ4n) is 2.99. The van der Waals surface area contributed by atoms with Gasteiger partial charge in [0.2, 0.25) is 5.91 Å². The van der Waals surface area contributed by atoms with Crippen molar-refractivity contribution in [2.45, 2.75) is 36.9 Å². The molecule has 2 heterocycles. The standard InChI is InChI=1S/C18H19N5O2S/c19-16(25)7-8-23-17(11-5-6-11)21-22-18(23)26-10-15(24)13-9-20-14-4-2-1-3-12(13)14/h1-4,9,11,20H,5-8,10H2,(H2,19,25). The van der Waals surface area contributed by atoms with Crippen LogP contribution in [-0.4, -0.2) is 37.2 Å². The molecule has 0 atom stereocenters. The number of primary amides is 1. The highest BCUT2D eigenvalue weighted by molar-refractivity contribution is 7.99. The summed E-state index contributed by atoms with van der Waals surface area (Å²) in [4.78, 5) is 26.9. The molecule has 3 aromatic rings. The van der Waals surface area contributed by atoms with E-state index in [1.165, 1.54) is 11.8 Å². The van der Waals surface area contributed by atoms with Gasteiger partial charge in [-0.3, -0.25) is 9.59 Å². The molecular weight excluding hydrogens is 350 g/mol. The number of nitrogens with zero attached hydrogens (tertiary/aromatic N) is 3. The number of nitrogens with two attached hydrogens (primary N) is 1. The van der Waals surface area contributed by atoms with Crippen molar-refractivity contribution in [3.05, 3.63) is 41.9 Å². The minimum atomic E-state index is -0.355. The number of benzene rings is 1. The first kappa shape index (κ1) is 16.8. The van der Waals surface area contributed by atoms with E-state index in [9.17, 15) is 9.59 Å². The van der Waals surface area contributed by atoms with E-state index in [2.05, 4.69) is 15.2 Å². The molecule has 134 valence electrons. The molecule has 0 bridgehead atoms. The lowest BCUT2D eigenvalue weighted by molar-refractivity contribution is -0.118. The minimum Gasteiger partial charge on any atom is -0.370 e. The van der Waals surface area contributed by atoms with E-state index in [1.54, 1.807) is 6.20 Å². The maximum absolute atomic E-state index is 12.7. The molecule has 2 aromatic heterocycles. The zero-order valence-corrected chi connectivity index (χ0v) is 15.0. The molecule has 0 radical (unpaired) electrons. The molecule has 1 saturated carbocycles. The van der Waals surface area contributed by atoms with E-state index in [1.807, 2.05) is 28.8 Å². The molecule has 26 heavy (non-hydrogen) atoms. The van der Waals surface area contributed by atoms with Crippen LogP contribution in [-0.2, 0) is 11.3 Å². The molecule has 1 aliphatic rings. The second kappa shape index (κ2) is 6.95. The summed E-state index contributed by atoms with van der Waals surface area (Å²) in [5.41, 5.74) is 6.91. The van der Waals surface area contributed by atoms with Crippen molar-refractivity contribution in [3.8, 4) is 0 Å². The summed E-state index contributed by atoms with van der Waals surface area (Å²) in [6.07, 6.45) is 4.17. The van der Waals surface area contributed by atoms with Crippen molar-refractivity contribution >= 4 is 34.4 Å². The molecule has 4 rings (SSSR count). The number of aromatic amines is 1. The van der Waals surface area contributed by atoms with E-state index in [0.29, 0.717) is 23.2 Å². The zero-order valence-electron chi connectivity index (χ0n) is 14.1. The van der Waals surface area contributed by atoms with Gasteiger partial charge in [-0.2, -0.15) is 0 Å². The second-order valence-electron chi connectivity index (χ2n) is 6.44. The molecule has 1 amide bonds. The Morgan fingerprint density at radius 3 is 2.85 bits per heavy atom. The van der Waals surface area contributed by atoms with Crippen molar-refractivity contribution in [3.63, 3.8) is 0 Å². The Labute approximate surface area is 154 Å². The van der Waals surface area contributed by atoms with E-state index in [-0.39, 0.29) is 23.9 Å². The molecule has 8 heteroatoms. The van der Waals surface area contributed by atoms with Crippen molar-refractivity contribution in [1.29, 1.82) is 0 Å². The van der Waals surface area contributed by atoms with Crippen molar-refractivity contribution in [1.82, 2.24) is 19.7 Å². The predicted molar refractivity (Wildman–Crippen MR) is 99.2 cm³/mol. The van der Waals surface area contributed by atoms with Crippen molar-refractivity contribution < 1.29 is 9.59 Å². The molecule has 0 unspecified atom stereocenters. The number of carbonyl (C=O) groups is 2. The van der Waals surface area contributed by atoms with Gasteiger partial charge in [-0.25, -0.2) is 0 Å². The summed E-state index contributed by atoms with van der Waals surface area (Å²) in [7, 11) is 0. The highest BCUT2D eigenvalue weighted by atomic mass is 32.2. The number of fused-ring (bicyclic) bond motifs is 1. The lowest BCUT2D eigenvalue weighted by Gasteiger charge is -2.08. The van der Waals surface area contributed by atoms with E-state index in [4.69, 9.17) is 5.73 Å². The van der Waals surface area contributed by atoms with Gasteiger partial charge in [-0.15, -0.1) is 10.2 Å². The largest absolute Gasteiger partial charge is 0.370 e. The van der Waals surface area contributed by atoms with Crippen LogP contribution in [0.5, 0.6) is 0 Å². The molecule has 1 fully saturated rings. The number of thioether (sulfide) groups is 1. The first-order valence-electron chi connectivity index (χ1n) is 8.57. The first-order chi connectivity index (χ1) is 12.6. The summed E-state index contributed by atoms with van der Waals surface area (Å²) in [5.74, 6) is 1.25. The molecule has 3 N–H and O–H groups in total. The quantitative estimate of drug-likeness (QED) is 0.469. The van der Waals surface area contributed by atoms with Gasteiger partial charge in [-0.05, 0) is 18.9 Å². The number of hydrogen-bond acceptors (Lipinski definition) is 5. The van der Waals surface area contributed by atoms with Gasteiger partial charge in [0.05, 0.1) is 5.75 Å². The Morgan fingerprint density at radius 2 is 2.08 bits per heavy atom. The van der Waals surface area contributed by atoms with Gasteiger partial charge >= 0.3 is 0 Å². The van der Waals surface area contributed by atoms with Gasteiger partial charge in [0.1, 0.15) is 5.82 Å². The number of hydrogen-bond donors (Lipinski definition) is 2. The lowest BCUT2D eigenvalue weighted by Crippen LogP contribution is -2.16. The van der Waals surface area contributed by atoms with E-state index >= 15 is 0 Å². The number of Topliss-reactive ketones (excluding diaryl/α,β-unsaturated/α-hetero) is 1. The van der Waals surface area contributed by atoms with Gasteiger partial charge in [0.25, 0.3) is 0 Å². The third-order valence-corrected chi connectivity index (χ3v) is 5.46. The first-order valence-corrected chi connectivity index (χ1v) is 9.55. The van der Waals surface area contributed by atoms with Crippen LogP contribution in [0, 0.1) is 0 Å². The van der Waals surface area contributed by atoms with Gasteiger partial charge in [0.15, 0.2) is 10.9 Å². The zero-order chi connectivity index (χ0) is 18.1. The Kier molecular flexibility index (Phi) is 4.50. The monoisotopic (exact) mass is 369 g/mol. The van der Waals surface area contributed by atoms with Crippen LogP contribution < -0.4 is 5.73 Å². The molecule has 1 aliphatic carbocycles. The van der Waals surface area contributed by atoms with E-state index in [0.717, 1.165) is 29.6 Å². The normalized spacial score (nSPS) is 14.0. The van der Waals surface area contributed by atoms with Crippen molar-refractivity contribution in [2.75, 3.05) is 5.75 Å². The highest BCUT2D eigenvalue weighted by Crippen LogP contribution is 2.40. The Hall–Kier alpha value is -2.61. The van der Waals surface area contributed by atoms with Gasteiger partial charge in [0, 0.05) is 41.5 Å². The summed E-state index contributed by atoms with van der Waals surface area (Å²) in [6, 6.07) is 7.73. The van der Waals surface area contributed by atoms with Crippen molar-refractivity contribution in [2.24, 2.45) is 5.73 Å². The fourth-order valence-corrected chi connectivity index (χ4v) is 3.85. The summed E-state index contributed by atoms with van der Waals surface area (Å²) < 4.78 is 1.94. The topological polar surface area (TPSA) is 107 Å². The smallest absolute Gasteiger partial charge is 0.219 e. The number of para-hydroxylation sites is 1. The molecule has 1 aromatic carbocycles. The number of ketones is 1. The SMILES string of the molecule is NC(=O)CCn1c(SCC(=O)c2c[nH]c3ccccc23)nnc1C1CC1. The van der Waals surface area contributed by atoms with E-state index < -0.39 is 0 Å².